The number of hydrazine groups is 1. The minimum Gasteiger partial charge on any atom is -0.482 e. The largest absolute Gasteiger partial charge is 0.482 e. The lowest BCUT2D eigenvalue weighted by atomic mass is 9.82. The van der Waals surface area contributed by atoms with Crippen LogP contribution in [-0.4, -0.2) is 29.9 Å². The summed E-state index contributed by atoms with van der Waals surface area (Å²) < 4.78 is 17.1. The highest BCUT2D eigenvalue weighted by Gasteiger charge is 2.37. The number of hydrogen-bond acceptors (Lipinski definition) is 6. The van der Waals surface area contributed by atoms with Crippen LogP contribution in [0.5, 0.6) is 11.5 Å². The monoisotopic (exact) mass is 495 g/mol. The van der Waals surface area contributed by atoms with E-state index in [0.29, 0.717) is 17.5 Å². The highest BCUT2D eigenvalue weighted by atomic mass is 32.1. The van der Waals surface area contributed by atoms with E-state index in [4.69, 9.17) is 26.4 Å². The molecule has 186 valence electrons. The van der Waals surface area contributed by atoms with Gasteiger partial charge in [0, 0.05) is 11.3 Å². The molecule has 1 saturated carbocycles. The SMILES string of the molecule is CCOC(=O)COc1ccc2c(c1)C(NNC(=S)Nc1ccc(C)c(C)c1)=CC1(CCCCC1)O2. The second kappa shape index (κ2) is 11.0. The van der Waals surface area contributed by atoms with Gasteiger partial charge in [0.05, 0.1) is 12.3 Å². The molecule has 0 amide bonds. The van der Waals surface area contributed by atoms with Crippen molar-refractivity contribution < 1.29 is 19.0 Å². The molecule has 0 bridgehead atoms. The molecule has 8 heteroatoms. The summed E-state index contributed by atoms with van der Waals surface area (Å²) in [6, 6.07) is 11.7. The molecule has 0 aromatic heterocycles. The lowest BCUT2D eigenvalue weighted by Crippen LogP contribution is -2.44. The molecule has 0 atom stereocenters. The van der Waals surface area contributed by atoms with E-state index in [9.17, 15) is 4.79 Å². The van der Waals surface area contributed by atoms with Gasteiger partial charge in [-0.15, -0.1) is 0 Å². The standard InChI is InChI=1S/C27H33N3O4S/c1-4-32-25(31)17-33-21-10-11-24-22(15-21)23(16-27(34-24)12-6-5-7-13-27)29-30-26(35)28-20-9-8-18(2)19(3)14-20/h8-11,14-16,29H,4-7,12-13,17H2,1-3H3,(H2,28,30,35). The number of rotatable bonds is 7. The maximum Gasteiger partial charge on any atom is 0.344 e. The van der Waals surface area contributed by atoms with E-state index in [2.05, 4.69) is 48.2 Å². The molecule has 2 aromatic rings. The number of anilines is 1. The van der Waals surface area contributed by atoms with Crippen LogP contribution in [0.25, 0.3) is 5.70 Å². The normalized spacial score (nSPS) is 15.8. The summed E-state index contributed by atoms with van der Waals surface area (Å²) in [6.07, 6.45) is 7.54. The van der Waals surface area contributed by atoms with Crippen LogP contribution in [0, 0.1) is 13.8 Å². The van der Waals surface area contributed by atoms with Gasteiger partial charge in [-0.05, 0) is 106 Å². The second-order valence-electron chi connectivity index (χ2n) is 9.04. The first-order valence-corrected chi connectivity index (χ1v) is 12.5. The number of ether oxygens (including phenoxy) is 3. The molecular formula is C27H33N3O4S. The van der Waals surface area contributed by atoms with Crippen LogP contribution in [0.15, 0.2) is 42.5 Å². The Kier molecular flexibility index (Phi) is 7.80. The molecule has 0 saturated heterocycles. The van der Waals surface area contributed by atoms with Crippen molar-refractivity contribution in [2.45, 2.75) is 58.5 Å². The van der Waals surface area contributed by atoms with Crippen LogP contribution in [0.1, 0.15) is 55.7 Å². The minimum absolute atomic E-state index is 0.147. The smallest absolute Gasteiger partial charge is 0.344 e. The molecule has 2 aliphatic rings. The van der Waals surface area contributed by atoms with Gasteiger partial charge in [-0.2, -0.15) is 0 Å². The van der Waals surface area contributed by atoms with Gasteiger partial charge in [-0.25, -0.2) is 4.79 Å². The number of aryl methyl sites for hydroxylation is 2. The number of benzene rings is 2. The lowest BCUT2D eigenvalue weighted by molar-refractivity contribution is -0.145. The van der Waals surface area contributed by atoms with Gasteiger partial charge < -0.3 is 19.5 Å². The highest BCUT2D eigenvalue weighted by Crippen LogP contribution is 2.43. The van der Waals surface area contributed by atoms with E-state index in [1.807, 2.05) is 24.3 Å². The van der Waals surface area contributed by atoms with Crippen LogP contribution in [0.3, 0.4) is 0 Å². The van der Waals surface area contributed by atoms with E-state index in [1.54, 1.807) is 6.92 Å². The summed E-state index contributed by atoms with van der Waals surface area (Å²) in [4.78, 5) is 11.7. The highest BCUT2D eigenvalue weighted by molar-refractivity contribution is 7.80. The Balaban J connectivity index is 1.51. The Morgan fingerprint density at radius 2 is 1.89 bits per heavy atom. The molecule has 2 aromatic carbocycles. The van der Waals surface area contributed by atoms with Crippen molar-refractivity contribution in [2.24, 2.45) is 0 Å². The van der Waals surface area contributed by atoms with Crippen LogP contribution < -0.4 is 25.6 Å². The van der Waals surface area contributed by atoms with Crippen LogP contribution in [0.4, 0.5) is 5.69 Å². The molecule has 1 aliphatic heterocycles. The number of fused-ring (bicyclic) bond motifs is 1. The van der Waals surface area contributed by atoms with Crippen molar-refractivity contribution >= 4 is 34.7 Å². The first-order chi connectivity index (χ1) is 16.9. The van der Waals surface area contributed by atoms with E-state index >= 15 is 0 Å². The van der Waals surface area contributed by atoms with Crippen LogP contribution in [-0.2, 0) is 9.53 Å². The van der Waals surface area contributed by atoms with Gasteiger partial charge in [0.2, 0.25) is 0 Å². The fourth-order valence-corrected chi connectivity index (χ4v) is 4.61. The number of esters is 1. The quantitative estimate of drug-likeness (QED) is 0.276. The number of carbonyl (C=O) groups excluding carboxylic acids is 1. The van der Waals surface area contributed by atoms with Gasteiger partial charge in [0.15, 0.2) is 11.7 Å². The average molecular weight is 496 g/mol. The molecule has 1 aliphatic carbocycles. The fourth-order valence-electron chi connectivity index (χ4n) is 4.44. The summed E-state index contributed by atoms with van der Waals surface area (Å²) in [5.74, 6) is 0.930. The van der Waals surface area contributed by atoms with Crippen molar-refractivity contribution in [1.29, 1.82) is 0 Å². The summed E-state index contributed by atoms with van der Waals surface area (Å²) in [5.41, 5.74) is 11.1. The van der Waals surface area contributed by atoms with Crippen molar-refractivity contribution in [2.75, 3.05) is 18.5 Å². The zero-order valence-corrected chi connectivity index (χ0v) is 21.3. The van der Waals surface area contributed by atoms with Crippen molar-refractivity contribution in [3.63, 3.8) is 0 Å². The third-order valence-corrected chi connectivity index (χ3v) is 6.60. The summed E-state index contributed by atoms with van der Waals surface area (Å²) >= 11 is 5.53. The predicted molar refractivity (Wildman–Crippen MR) is 141 cm³/mol. The van der Waals surface area contributed by atoms with E-state index in [0.717, 1.165) is 48.4 Å². The fraction of sp³-hybridized carbons (Fsp3) is 0.407. The van der Waals surface area contributed by atoms with Gasteiger partial charge in [-0.3, -0.25) is 10.9 Å². The molecule has 1 heterocycles. The Bertz CT molecular complexity index is 1130. The molecule has 0 radical (unpaired) electrons. The van der Waals surface area contributed by atoms with Crippen LogP contribution in [0.2, 0.25) is 0 Å². The maximum atomic E-state index is 11.7. The van der Waals surface area contributed by atoms with Gasteiger partial charge in [0.1, 0.15) is 17.1 Å². The Morgan fingerprint density at radius 3 is 2.63 bits per heavy atom. The third kappa shape index (κ3) is 6.25. The first-order valence-electron chi connectivity index (χ1n) is 12.1. The van der Waals surface area contributed by atoms with Crippen molar-refractivity contribution in [3.8, 4) is 11.5 Å². The average Bonchev–Trinajstić information content (AvgIpc) is 2.84. The summed E-state index contributed by atoms with van der Waals surface area (Å²) in [5, 5.41) is 3.68. The number of hydrogen-bond donors (Lipinski definition) is 3. The number of thiocarbonyl (C=S) groups is 1. The third-order valence-electron chi connectivity index (χ3n) is 6.40. The Morgan fingerprint density at radius 1 is 1.09 bits per heavy atom. The molecule has 1 spiro atoms. The van der Waals surface area contributed by atoms with E-state index in [1.165, 1.54) is 17.5 Å². The van der Waals surface area contributed by atoms with E-state index in [-0.39, 0.29) is 12.2 Å². The number of carbonyl (C=O) groups is 1. The Labute approximate surface area is 212 Å². The molecule has 1 fully saturated rings. The molecule has 7 nitrogen and oxygen atoms in total. The lowest BCUT2D eigenvalue weighted by Gasteiger charge is -2.39. The zero-order valence-electron chi connectivity index (χ0n) is 20.5. The van der Waals surface area contributed by atoms with Gasteiger partial charge >= 0.3 is 5.97 Å². The first kappa shape index (κ1) is 24.9. The predicted octanol–water partition coefficient (Wildman–Crippen LogP) is 5.17. The minimum atomic E-state index is -0.402. The van der Waals surface area contributed by atoms with Crippen molar-refractivity contribution in [1.82, 2.24) is 10.9 Å². The van der Waals surface area contributed by atoms with Crippen molar-refractivity contribution in [3.05, 3.63) is 59.2 Å². The number of nitrogens with one attached hydrogen (secondary N) is 3. The molecule has 4 rings (SSSR count). The summed E-state index contributed by atoms with van der Waals surface area (Å²) in [6.45, 7) is 6.10. The van der Waals surface area contributed by atoms with Gasteiger partial charge in [-0.1, -0.05) is 12.5 Å². The molecular weight excluding hydrogens is 462 g/mol. The summed E-state index contributed by atoms with van der Waals surface area (Å²) in [7, 11) is 0. The molecule has 35 heavy (non-hydrogen) atoms. The maximum absolute atomic E-state index is 11.7. The topological polar surface area (TPSA) is 80.9 Å². The van der Waals surface area contributed by atoms with E-state index < -0.39 is 5.97 Å². The molecule has 3 N–H and O–H groups in total. The second-order valence-corrected chi connectivity index (χ2v) is 9.45. The zero-order chi connectivity index (χ0) is 24.8. The van der Waals surface area contributed by atoms with Crippen LogP contribution >= 0.6 is 12.2 Å². The van der Waals surface area contributed by atoms with Gasteiger partial charge in [0.25, 0.3) is 0 Å². The molecule has 0 unspecified atom stereocenters. The Hall–Kier alpha value is -3.26.